The molecule has 0 saturated heterocycles. The van der Waals surface area contributed by atoms with Gasteiger partial charge in [0.1, 0.15) is 0 Å². The first-order valence-corrected chi connectivity index (χ1v) is 8.08. The fourth-order valence-corrected chi connectivity index (χ4v) is 2.75. The maximum Gasteiger partial charge on any atom is 0.230 e. The third kappa shape index (κ3) is 6.88. The molecule has 2 aromatic rings. The zero-order chi connectivity index (χ0) is 15.9. The molecule has 1 aromatic carbocycles. The van der Waals surface area contributed by atoms with Gasteiger partial charge in [-0.3, -0.25) is 4.79 Å². The Morgan fingerprint density at radius 3 is 2.39 bits per heavy atom. The predicted molar refractivity (Wildman–Crippen MR) is 97.0 cm³/mol. The molecule has 1 amide bonds. The van der Waals surface area contributed by atoms with E-state index in [0.29, 0.717) is 17.5 Å². The van der Waals surface area contributed by atoms with Gasteiger partial charge in [0.25, 0.3) is 0 Å². The van der Waals surface area contributed by atoms with E-state index in [-0.39, 0.29) is 18.3 Å². The van der Waals surface area contributed by atoms with E-state index < -0.39 is 0 Å². The van der Waals surface area contributed by atoms with Crippen molar-refractivity contribution < 1.29 is 4.79 Å². The molecule has 5 nitrogen and oxygen atoms in total. The van der Waals surface area contributed by atoms with E-state index >= 15 is 0 Å². The summed E-state index contributed by atoms with van der Waals surface area (Å²) in [5.41, 5.74) is 9.37. The number of amides is 1. The van der Waals surface area contributed by atoms with Gasteiger partial charge in [-0.15, -0.1) is 12.4 Å². The largest absolute Gasteiger partial charge is 0.399 e. The van der Waals surface area contributed by atoms with E-state index in [9.17, 15) is 4.79 Å². The molecule has 0 saturated carbocycles. The minimum Gasteiger partial charge on any atom is -0.399 e. The molecule has 2 rings (SSSR count). The summed E-state index contributed by atoms with van der Waals surface area (Å²) in [6, 6.07) is 9.59. The van der Waals surface area contributed by atoms with Crippen molar-refractivity contribution >= 4 is 35.8 Å². The Labute approximate surface area is 146 Å². The van der Waals surface area contributed by atoms with Gasteiger partial charge in [0.2, 0.25) is 5.91 Å². The molecule has 1 heterocycles. The summed E-state index contributed by atoms with van der Waals surface area (Å²) < 4.78 is 0. The number of benzene rings is 1. The van der Waals surface area contributed by atoms with Crippen LogP contribution in [0.3, 0.4) is 0 Å². The number of nitrogens with one attached hydrogen (secondary N) is 1. The normalized spacial score (nSPS) is 10.0. The van der Waals surface area contributed by atoms with Crippen LogP contribution in [0.15, 0.2) is 35.5 Å². The van der Waals surface area contributed by atoms with E-state index in [1.54, 1.807) is 0 Å². The lowest BCUT2D eigenvalue weighted by Crippen LogP contribution is -2.27. The second-order valence-corrected chi connectivity index (χ2v) is 6.01. The highest BCUT2D eigenvalue weighted by Gasteiger charge is 2.05. The zero-order valence-electron chi connectivity index (χ0n) is 13.2. The van der Waals surface area contributed by atoms with Crippen LogP contribution < -0.4 is 11.1 Å². The Kier molecular flexibility index (Phi) is 7.85. The van der Waals surface area contributed by atoms with Crippen molar-refractivity contribution in [3.8, 4) is 0 Å². The van der Waals surface area contributed by atoms with Crippen molar-refractivity contribution in [2.24, 2.45) is 0 Å². The van der Waals surface area contributed by atoms with Crippen LogP contribution in [0.25, 0.3) is 0 Å². The number of carbonyl (C=O) groups is 1. The van der Waals surface area contributed by atoms with Crippen molar-refractivity contribution in [3.05, 3.63) is 47.3 Å². The summed E-state index contributed by atoms with van der Waals surface area (Å²) in [5.74, 6) is 0.313. The summed E-state index contributed by atoms with van der Waals surface area (Å²) in [6.45, 7) is 4.45. The molecule has 0 unspecified atom stereocenters. The average molecular weight is 353 g/mol. The van der Waals surface area contributed by atoms with Crippen LogP contribution in [0.5, 0.6) is 0 Å². The summed E-state index contributed by atoms with van der Waals surface area (Å²) in [5, 5.41) is 3.54. The Hall–Kier alpha value is -1.79. The van der Waals surface area contributed by atoms with E-state index in [2.05, 4.69) is 15.3 Å². The molecule has 3 N–H and O–H groups in total. The number of rotatable bonds is 6. The molecular weight excluding hydrogens is 332 g/mol. The second-order valence-electron chi connectivity index (χ2n) is 5.06. The lowest BCUT2D eigenvalue weighted by atomic mass is 10.1. The minimum atomic E-state index is -0.0109. The standard InChI is InChI=1S/C16H20N4OS.ClH/c1-11-9-12(2)20-16(19-11)22-10-15(21)18-8-7-13-3-5-14(17)6-4-13;/h3-6,9H,7-8,10,17H2,1-2H3,(H,18,21);1H. The summed E-state index contributed by atoms with van der Waals surface area (Å²) in [6.07, 6.45) is 0.788. The number of hydrogen-bond acceptors (Lipinski definition) is 5. The van der Waals surface area contributed by atoms with E-state index in [0.717, 1.165) is 29.1 Å². The van der Waals surface area contributed by atoms with Crippen molar-refractivity contribution in [1.29, 1.82) is 0 Å². The van der Waals surface area contributed by atoms with Gasteiger partial charge in [-0.1, -0.05) is 23.9 Å². The molecule has 0 radical (unpaired) electrons. The topological polar surface area (TPSA) is 80.9 Å². The van der Waals surface area contributed by atoms with Gasteiger partial charge < -0.3 is 11.1 Å². The van der Waals surface area contributed by atoms with Crippen molar-refractivity contribution in [1.82, 2.24) is 15.3 Å². The van der Waals surface area contributed by atoms with Crippen LogP contribution in [-0.4, -0.2) is 28.2 Å². The van der Waals surface area contributed by atoms with Crippen LogP contribution in [0.1, 0.15) is 17.0 Å². The fourth-order valence-electron chi connectivity index (χ4n) is 1.97. The number of nitrogens with two attached hydrogens (primary N) is 1. The number of thioether (sulfide) groups is 1. The molecule has 0 spiro atoms. The maximum atomic E-state index is 11.8. The van der Waals surface area contributed by atoms with Crippen LogP contribution >= 0.6 is 24.2 Å². The smallest absolute Gasteiger partial charge is 0.230 e. The number of nitrogens with zero attached hydrogens (tertiary/aromatic N) is 2. The summed E-state index contributed by atoms with van der Waals surface area (Å²) in [7, 11) is 0. The lowest BCUT2D eigenvalue weighted by Gasteiger charge is -2.06. The number of nitrogen functional groups attached to an aromatic ring is 1. The highest BCUT2D eigenvalue weighted by atomic mass is 35.5. The number of halogens is 1. The van der Waals surface area contributed by atoms with Gasteiger partial charge in [-0.2, -0.15) is 0 Å². The molecule has 0 aliphatic carbocycles. The Bertz CT molecular complexity index is 629. The number of anilines is 1. The molecule has 124 valence electrons. The van der Waals surface area contributed by atoms with Crippen LogP contribution in [0, 0.1) is 13.8 Å². The average Bonchev–Trinajstić information content (AvgIpc) is 2.46. The number of aromatic nitrogens is 2. The first-order chi connectivity index (χ1) is 10.5. The van der Waals surface area contributed by atoms with Crippen LogP contribution in [0.2, 0.25) is 0 Å². The van der Waals surface area contributed by atoms with Gasteiger partial charge in [0.15, 0.2) is 5.16 Å². The van der Waals surface area contributed by atoms with Gasteiger partial charge in [-0.05, 0) is 44.0 Å². The molecule has 0 aliphatic rings. The van der Waals surface area contributed by atoms with Crippen LogP contribution in [0.4, 0.5) is 5.69 Å². The molecule has 0 bridgehead atoms. The molecule has 23 heavy (non-hydrogen) atoms. The SMILES string of the molecule is Cc1cc(C)nc(SCC(=O)NCCc2ccc(N)cc2)n1.Cl. The molecule has 0 fully saturated rings. The Morgan fingerprint density at radius 1 is 1.17 bits per heavy atom. The first kappa shape index (κ1) is 19.3. The van der Waals surface area contributed by atoms with Gasteiger partial charge in [-0.25, -0.2) is 9.97 Å². The predicted octanol–water partition coefficient (Wildman–Crippen LogP) is 2.55. The zero-order valence-corrected chi connectivity index (χ0v) is 14.8. The molecule has 0 aliphatic heterocycles. The minimum absolute atomic E-state index is 0. The van der Waals surface area contributed by atoms with Crippen LogP contribution in [-0.2, 0) is 11.2 Å². The van der Waals surface area contributed by atoms with E-state index in [1.165, 1.54) is 11.8 Å². The third-order valence-corrected chi connectivity index (χ3v) is 3.86. The Balaban J connectivity index is 0.00000264. The lowest BCUT2D eigenvalue weighted by molar-refractivity contribution is -0.118. The van der Waals surface area contributed by atoms with Crippen molar-refractivity contribution in [3.63, 3.8) is 0 Å². The fraction of sp³-hybridized carbons (Fsp3) is 0.312. The van der Waals surface area contributed by atoms with Gasteiger partial charge in [0, 0.05) is 23.6 Å². The summed E-state index contributed by atoms with van der Waals surface area (Å²) >= 11 is 1.35. The van der Waals surface area contributed by atoms with Gasteiger partial charge >= 0.3 is 0 Å². The van der Waals surface area contributed by atoms with E-state index in [4.69, 9.17) is 5.73 Å². The van der Waals surface area contributed by atoms with Crippen molar-refractivity contribution in [2.75, 3.05) is 18.0 Å². The molecule has 0 atom stereocenters. The highest BCUT2D eigenvalue weighted by Crippen LogP contribution is 2.13. The first-order valence-electron chi connectivity index (χ1n) is 7.09. The van der Waals surface area contributed by atoms with Crippen molar-refractivity contribution in [2.45, 2.75) is 25.4 Å². The molecule has 7 heteroatoms. The number of hydrogen-bond donors (Lipinski definition) is 2. The Morgan fingerprint density at radius 2 is 1.78 bits per heavy atom. The quantitative estimate of drug-likeness (QED) is 0.474. The number of aryl methyl sites for hydroxylation is 2. The van der Waals surface area contributed by atoms with Gasteiger partial charge in [0.05, 0.1) is 5.75 Å². The summed E-state index contributed by atoms with van der Waals surface area (Å²) in [4.78, 5) is 20.4. The van der Waals surface area contributed by atoms with E-state index in [1.807, 2.05) is 44.2 Å². The third-order valence-electron chi connectivity index (χ3n) is 3.01. The molecule has 1 aromatic heterocycles. The highest BCUT2D eigenvalue weighted by molar-refractivity contribution is 7.99. The second kappa shape index (κ2) is 9.37. The molecular formula is C16H21ClN4OS. The maximum absolute atomic E-state index is 11.8. The monoisotopic (exact) mass is 352 g/mol. The number of carbonyl (C=O) groups excluding carboxylic acids is 1.